The van der Waals surface area contributed by atoms with Crippen molar-refractivity contribution in [3.63, 3.8) is 0 Å². The maximum Gasteiger partial charge on any atom is 0.293 e. The smallest absolute Gasteiger partial charge is 0.293 e. The topological polar surface area (TPSA) is 84.2 Å². The number of hydrogen-bond acceptors (Lipinski definition) is 4. The van der Waals surface area contributed by atoms with E-state index < -0.39 is 23.4 Å². The van der Waals surface area contributed by atoms with Crippen molar-refractivity contribution in [2.45, 2.75) is 38.6 Å². The lowest BCUT2D eigenvalue weighted by Gasteiger charge is -2.21. The minimum Gasteiger partial charge on any atom is -0.438 e. The number of carbonyl (C=O) groups excluding carboxylic acids is 2. The first-order valence-electron chi connectivity index (χ1n) is 8.64. The van der Waals surface area contributed by atoms with Gasteiger partial charge in [-0.25, -0.2) is 13.8 Å². The van der Waals surface area contributed by atoms with Gasteiger partial charge in [0.05, 0.1) is 17.4 Å². The van der Waals surface area contributed by atoms with E-state index in [2.05, 4.69) is 21.7 Å². The van der Waals surface area contributed by atoms with Crippen molar-refractivity contribution in [1.82, 2.24) is 10.3 Å². The number of anilines is 1. The number of hydrogen-bond donors (Lipinski definition) is 2. The van der Waals surface area contributed by atoms with Gasteiger partial charge in [0.2, 0.25) is 5.76 Å². The fraction of sp³-hybridized carbons (Fsp3) is 0.316. The molecule has 1 aromatic heterocycles. The molecule has 0 aliphatic heterocycles. The predicted octanol–water partition coefficient (Wildman–Crippen LogP) is 3.82. The predicted molar refractivity (Wildman–Crippen MR) is 94.3 cm³/mol. The molecule has 6 nitrogen and oxygen atoms in total. The SMILES string of the molecule is CC(NC(=O)c1cc(NC(=O)c2cnco2)c(F)cc1F)C1=CCCCC1. The molecule has 0 bridgehead atoms. The number of halogens is 2. The Morgan fingerprint density at radius 3 is 2.67 bits per heavy atom. The Kier molecular flexibility index (Phi) is 5.63. The van der Waals surface area contributed by atoms with Gasteiger partial charge in [0.15, 0.2) is 6.39 Å². The Hall–Kier alpha value is -3.03. The van der Waals surface area contributed by atoms with Gasteiger partial charge in [-0.2, -0.15) is 0 Å². The van der Waals surface area contributed by atoms with E-state index in [-0.39, 0.29) is 23.1 Å². The van der Waals surface area contributed by atoms with Crippen LogP contribution < -0.4 is 10.6 Å². The molecule has 0 fully saturated rings. The molecule has 1 unspecified atom stereocenters. The molecule has 1 heterocycles. The number of nitrogens with zero attached hydrogens (tertiary/aromatic N) is 1. The molecule has 0 radical (unpaired) electrons. The fourth-order valence-electron chi connectivity index (χ4n) is 2.95. The molecular formula is C19H19F2N3O3. The summed E-state index contributed by atoms with van der Waals surface area (Å²) < 4.78 is 33.0. The molecule has 2 amide bonds. The molecule has 1 aromatic carbocycles. The quantitative estimate of drug-likeness (QED) is 0.778. The van der Waals surface area contributed by atoms with E-state index in [1.54, 1.807) is 0 Å². The Balaban J connectivity index is 1.77. The van der Waals surface area contributed by atoms with E-state index in [1.807, 2.05) is 6.92 Å². The molecule has 27 heavy (non-hydrogen) atoms. The Labute approximate surface area is 154 Å². The summed E-state index contributed by atoms with van der Waals surface area (Å²) >= 11 is 0. The van der Waals surface area contributed by atoms with E-state index in [1.165, 1.54) is 0 Å². The first kappa shape index (κ1) is 18.8. The van der Waals surface area contributed by atoms with Crippen LogP contribution in [0.3, 0.4) is 0 Å². The van der Waals surface area contributed by atoms with Gasteiger partial charge in [0.25, 0.3) is 11.8 Å². The van der Waals surface area contributed by atoms with E-state index in [0.717, 1.165) is 49.9 Å². The summed E-state index contributed by atoms with van der Waals surface area (Å²) in [5.74, 6) is -3.58. The highest BCUT2D eigenvalue weighted by Crippen LogP contribution is 2.23. The fourth-order valence-corrected chi connectivity index (χ4v) is 2.95. The highest BCUT2D eigenvalue weighted by molar-refractivity contribution is 6.03. The third kappa shape index (κ3) is 4.39. The highest BCUT2D eigenvalue weighted by Gasteiger charge is 2.21. The van der Waals surface area contributed by atoms with Crippen LogP contribution in [-0.2, 0) is 0 Å². The summed E-state index contributed by atoms with van der Waals surface area (Å²) in [6, 6.07) is 1.28. The molecular weight excluding hydrogens is 356 g/mol. The van der Waals surface area contributed by atoms with E-state index in [0.29, 0.717) is 6.07 Å². The van der Waals surface area contributed by atoms with Crippen molar-refractivity contribution in [3.8, 4) is 0 Å². The number of carbonyl (C=O) groups is 2. The molecule has 1 aliphatic carbocycles. The third-order valence-corrected chi connectivity index (χ3v) is 4.44. The van der Waals surface area contributed by atoms with Gasteiger partial charge >= 0.3 is 0 Å². The van der Waals surface area contributed by atoms with E-state index in [9.17, 15) is 18.4 Å². The first-order valence-corrected chi connectivity index (χ1v) is 8.64. The Bertz CT molecular complexity index is 879. The standard InChI is InChI=1S/C19H19F2N3O3/c1-11(12-5-3-2-4-6-12)23-18(25)13-7-16(15(21)8-14(13)20)24-19(26)17-9-22-10-27-17/h5,7-11H,2-4,6H2,1H3,(H,23,25)(H,24,26). The van der Waals surface area contributed by atoms with Gasteiger partial charge < -0.3 is 15.1 Å². The largest absolute Gasteiger partial charge is 0.438 e. The van der Waals surface area contributed by atoms with Crippen LogP contribution in [0.4, 0.5) is 14.5 Å². The van der Waals surface area contributed by atoms with E-state index >= 15 is 0 Å². The van der Waals surface area contributed by atoms with Crippen LogP contribution in [0.2, 0.25) is 0 Å². The summed E-state index contributed by atoms with van der Waals surface area (Å²) in [5, 5.41) is 4.97. The molecule has 8 heteroatoms. The van der Waals surface area contributed by atoms with Gasteiger partial charge in [-0.3, -0.25) is 9.59 Å². The van der Waals surface area contributed by atoms with Gasteiger partial charge in [-0.05, 0) is 38.7 Å². The molecule has 3 rings (SSSR count). The summed E-state index contributed by atoms with van der Waals surface area (Å²) in [4.78, 5) is 28.0. The molecule has 2 aromatic rings. The van der Waals surface area contributed by atoms with Gasteiger partial charge in [0.1, 0.15) is 11.6 Å². The molecule has 142 valence electrons. The highest BCUT2D eigenvalue weighted by atomic mass is 19.1. The van der Waals surface area contributed by atoms with Crippen LogP contribution in [0.5, 0.6) is 0 Å². The lowest BCUT2D eigenvalue weighted by atomic mass is 9.94. The van der Waals surface area contributed by atoms with Crippen LogP contribution in [0.15, 0.2) is 40.8 Å². The molecule has 1 atom stereocenters. The summed E-state index contributed by atoms with van der Waals surface area (Å²) in [6.45, 7) is 1.82. The minimum atomic E-state index is -1.01. The Morgan fingerprint density at radius 2 is 2.00 bits per heavy atom. The van der Waals surface area contributed by atoms with E-state index in [4.69, 9.17) is 4.42 Å². The summed E-state index contributed by atoms with van der Waals surface area (Å²) in [7, 11) is 0. The average Bonchev–Trinajstić information content (AvgIpc) is 3.19. The van der Waals surface area contributed by atoms with Crippen molar-refractivity contribution in [2.75, 3.05) is 5.32 Å². The van der Waals surface area contributed by atoms with Crippen molar-refractivity contribution in [2.24, 2.45) is 0 Å². The number of allylic oxidation sites excluding steroid dienone is 1. The van der Waals surface area contributed by atoms with Crippen LogP contribution in [0.1, 0.15) is 53.5 Å². The lowest BCUT2D eigenvalue weighted by molar-refractivity contribution is 0.0938. The van der Waals surface area contributed by atoms with Gasteiger partial charge in [-0.1, -0.05) is 11.6 Å². The molecule has 0 spiro atoms. The second-order valence-corrected chi connectivity index (χ2v) is 6.35. The third-order valence-electron chi connectivity index (χ3n) is 4.44. The van der Waals surface area contributed by atoms with Crippen molar-refractivity contribution >= 4 is 17.5 Å². The normalized spacial score (nSPS) is 15.0. The maximum absolute atomic E-state index is 14.1. The maximum atomic E-state index is 14.1. The van der Waals surface area contributed by atoms with Crippen molar-refractivity contribution < 1.29 is 22.8 Å². The number of oxazole rings is 1. The molecule has 0 saturated heterocycles. The number of rotatable bonds is 5. The van der Waals surface area contributed by atoms with Crippen molar-refractivity contribution in [1.29, 1.82) is 0 Å². The molecule has 2 N–H and O–H groups in total. The zero-order chi connectivity index (χ0) is 19.4. The first-order chi connectivity index (χ1) is 13.0. The monoisotopic (exact) mass is 375 g/mol. The molecule has 1 aliphatic rings. The van der Waals surface area contributed by atoms with Crippen LogP contribution in [-0.4, -0.2) is 22.8 Å². The van der Waals surface area contributed by atoms with Gasteiger partial charge in [0, 0.05) is 12.1 Å². The van der Waals surface area contributed by atoms with Crippen molar-refractivity contribution in [3.05, 3.63) is 59.3 Å². The number of aromatic nitrogens is 1. The Morgan fingerprint density at radius 1 is 1.19 bits per heavy atom. The summed E-state index contributed by atoms with van der Waals surface area (Å²) in [5.41, 5.74) is 0.413. The second-order valence-electron chi connectivity index (χ2n) is 6.35. The second kappa shape index (κ2) is 8.11. The molecule has 0 saturated carbocycles. The van der Waals surface area contributed by atoms with Crippen LogP contribution in [0, 0.1) is 11.6 Å². The number of nitrogens with one attached hydrogen (secondary N) is 2. The number of benzene rings is 1. The number of amides is 2. The zero-order valence-corrected chi connectivity index (χ0v) is 14.7. The lowest BCUT2D eigenvalue weighted by Crippen LogP contribution is -2.35. The van der Waals surface area contributed by atoms with Crippen LogP contribution in [0.25, 0.3) is 0 Å². The summed E-state index contributed by atoms with van der Waals surface area (Å²) in [6.07, 6.45) is 8.29. The van der Waals surface area contributed by atoms with Gasteiger partial charge in [-0.15, -0.1) is 0 Å². The average molecular weight is 375 g/mol. The minimum absolute atomic E-state index is 0.136. The van der Waals surface area contributed by atoms with Crippen LogP contribution >= 0.6 is 0 Å². The zero-order valence-electron chi connectivity index (χ0n) is 14.7.